The number of aryl methyl sites for hydroxylation is 1. The van der Waals surface area contributed by atoms with Crippen molar-refractivity contribution in [2.45, 2.75) is 20.0 Å². The number of ether oxygens (including phenoxy) is 2. The molecule has 0 spiro atoms. The first kappa shape index (κ1) is 10.2. The zero-order valence-electron chi connectivity index (χ0n) is 8.95. The van der Waals surface area contributed by atoms with Crippen LogP contribution < -0.4 is 0 Å². The molecule has 15 heavy (non-hydrogen) atoms. The van der Waals surface area contributed by atoms with Gasteiger partial charge in [0.1, 0.15) is 0 Å². The first-order valence-electron chi connectivity index (χ1n) is 5.03. The van der Waals surface area contributed by atoms with Crippen molar-refractivity contribution in [3.05, 3.63) is 17.0 Å². The molecule has 0 aliphatic carbocycles. The molecule has 0 radical (unpaired) electrons. The van der Waals surface area contributed by atoms with Crippen LogP contribution in [0.3, 0.4) is 0 Å². The van der Waals surface area contributed by atoms with E-state index in [0.717, 1.165) is 17.7 Å². The minimum Gasteiger partial charge on any atom is -0.461 e. The maximum Gasteiger partial charge on any atom is 0.356 e. The lowest BCUT2D eigenvalue weighted by Gasteiger charge is -2.11. The molecule has 1 aliphatic heterocycles. The highest BCUT2D eigenvalue weighted by Gasteiger charge is 2.24. The molecule has 0 bridgehead atoms. The van der Waals surface area contributed by atoms with Crippen molar-refractivity contribution in [1.29, 1.82) is 0 Å². The Morgan fingerprint density at radius 3 is 3.20 bits per heavy atom. The molecule has 5 nitrogen and oxygen atoms in total. The van der Waals surface area contributed by atoms with Gasteiger partial charge in [0.15, 0.2) is 5.69 Å². The Morgan fingerprint density at radius 2 is 2.47 bits per heavy atom. The van der Waals surface area contributed by atoms with Crippen molar-refractivity contribution >= 4 is 5.97 Å². The Hall–Kier alpha value is -1.36. The van der Waals surface area contributed by atoms with E-state index < -0.39 is 0 Å². The van der Waals surface area contributed by atoms with Crippen LogP contribution >= 0.6 is 0 Å². The van der Waals surface area contributed by atoms with Gasteiger partial charge in [-0.25, -0.2) is 4.79 Å². The molecule has 2 heterocycles. The maximum atomic E-state index is 11.7. The Labute approximate surface area is 88.0 Å². The van der Waals surface area contributed by atoms with Crippen LogP contribution in [0, 0.1) is 0 Å². The molecule has 0 amide bonds. The fourth-order valence-electron chi connectivity index (χ4n) is 1.77. The molecule has 0 fully saturated rings. The van der Waals surface area contributed by atoms with Gasteiger partial charge in [0, 0.05) is 19.0 Å². The van der Waals surface area contributed by atoms with Crippen LogP contribution in [-0.2, 0) is 29.5 Å². The van der Waals surface area contributed by atoms with E-state index in [0.29, 0.717) is 25.5 Å². The average Bonchev–Trinajstić information content (AvgIpc) is 2.54. The fraction of sp³-hybridized carbons (Fsp3) is 0.600. The van der Waals surface area contributed by atoms with Gasteiger partial charge in [-0.3, -0.25) is 4.68 Å². The third-order valence-corrected chi connectivity index (χ3v) is 2.43. The monoisotopic (exact) mass is 210 g/mol. The van der Waals surface area contributed by atoms with E-state index in [4.69, 9.17) is 9.47 Å². The molecule has 1 aromatic heterocycles. The number of rotatable bonds is 2. The van der Waals surface area contributed by atoms with Gasteiger partial charge in [-0.2, -0.15) is 5.10 Å². The number of esters is 1. The lowest BCUT2D eigenvalue weighted by molar-refractivity contribution is 0.0504. The largest absolute Gasteiger partial charge is 0.461 e. The van der Waals surface area contributed by atoms with Crippen LogP contribution in [0.2, 0.25) is 0 Å². The van der Waals surface area contributed by atoms with Gasteiger partial charge in [0.2, 0.25) is 0 Å². The smallest absolute Gasteiger partial charge is 0.356 e. The Balaban J connectivity index is 2.37. The summed E-state index contributed by atoms with van der Waals surface area (Å²) in [5.74, 6) is -0.320. The van der Waals surface area contributed by atoms with Crippen molar-refractivity contribution in [2.75, 3.05) is 13.2 Å². The molecule has 0 N–H and O–H groups in total. The van der Waals surface area contributed by atoms with Gasteiger partial charge in [-0.05, 0) is 6.92 Å². The number of nitrogens with zero attached hydrogens (tertiary/aromatic N) is 2. The van der Waals surface area contributed by atoms with Crippen LogP contribution in [0.25, 0.3) is 0 Å². The van der Waals surface area contributed by atoms with Crippen LogP contribution in [0.4, 0.5) is 0 Å². The highest BCUT2D eigenvalue weighted by molar-refractivity contribution is 5.89. The van der Waals surface area contributed by atoms with Crippen molar-refractivity contribution in [1.82, 2.24) is 9.78 Å². The molecule has 82 valence electrons. The second-order valence-corrected chi connectivity index (χ2v) is 3.42. The van der Waals surface area contributed by atoms with Crippen LogP contribution in [0.15, 0.2) is 0 Å². The van der Waals surface area contributed by atoms with E-state index in [1.165, 1.54) is 0 Å². The number of carbonyl (C=O) groups is 1. The zero-order valence-corrected chi connectivity index (χ0v) is 8.95. The number of hydrogen-bond acceptors (Lipinski definition) is 4. The topological polar surface area (TPSA) is 53.3 Å². The summed E-state index contributed by atoms with van der Waals surface area (Å²) in [5, 5.41) is 4.29. The molecule has 0 unspecified atom stereocenters. The Morgan fingerprint density at radius 1 is 1.67 bits per heavy atom. The van der Waals surface area contributed by atoms with E-state index in [9.17, 15) is 4.79 Å². The summed E-state index contributed by atoms with van der Waals surface area (Å²) >= 11 is 0. The summed E-state index contributed by atoms with van der Waals surface area (Å²) in [6.07, 6.45) is 0.766. The first-order chi connectivity index (χ1) is 7.24. The van der Waals surface area contributed by atoms with Gasteiger partial charge in [0.25, 0.3) is 0 Å². The Kier molecular flexibility index (Phi) is 2.73. The van der Waals surface area contributed by atoms with E-state index >= 15 is 0 Å². The molecule has 1 aliphatic rings. The molecule has 0 saturated heterocycles. The minimum absolute atomic E-state index is 0.320. The summed E-state index contributed by atoms with van der Waals surface area (Å²) in [4.78, 5) is 11.7. The van der Waals surface area contributed by atoms with Crippen molar-refractivity contribution < 1.29 is 14.3 Å². The summed E-state index contributed by atoms with van der Waals surface area (Å²) in [6.45, 7) is 3.29. The highest BCUT2D eigenvalue weighted by atomic mass is 16.5. The fourth-order valence-corrected chi connectivity index (χ4v) is 1.77. The summed E-state index contributed by atoms with van der Waals surface area (Å²) in [7, 11) is 1.75. The van der Waals surface area contributed by atoms with Crippen molar-refractivity contribution in [2.24, 2.45) is 7.05 Å². The van der Waals surface area contributed by atoms with Crippen LogP contribution in [-0.4, -0.2) is 29.0 Å². The second-order valence-electron chi connectivity index (χ2n) is 3.42. The second kappa shape index (κ2) is 4.02. The third kappa shape index (κ3) is 1.74. The highest BCUT2D eigenvalue weighted by Crippen LogP contribution is 2.20. The average molecular weight is 210 g/mol. The zero-order chi connectivity index (χ0) is 10.8. The molecule has 2 rings (SSSR count). The number of carbonyl (C=O) groups excluding carboxylic acids is 1. The molecule has 1 aromatic rings. The summed E-state index contributed by atoms with van der Waals surface area (Å²) < 4.78 is 11.9. The Bertz CT molecular complexity index is 384. The lowest BCUT2D eigenvalue weighted by Crippen LogP contribution is -2.15. The maximum absolute atomic E-state index is 11.7. The van der Waals surface area contributed by atoms with Crippen LogP contribution in [0.5, 0.6) is 0 Å². The van der Waals surface area contributed by atoms with E-state index in [1.807, 2.05) is 0 Å². The SMILES string of the molecule is CCOC(=O)c1c2c(nn1C)CCOC2. The number of fused-ring (bicyclic) bond motifs is 1. The molecule has 0 aromatic carbocycles. The first-order valence-corrected chi connectivity index (χ1v) is 5.03. The molecule has 5 heteroatoms. The van der Waals surface area contributed by atoms with Gasteiger partial charge in [-0.1, -0.05) is 0 Å². The minimum atomic E-state index is -0.320. The van der Waals surface area contributed by atoms with E-state index in [1.54, 1.807) is 18.7 Å². The molecular weight excluding hydrogens is 196 g/mol. The van der Waals surface area contributed by atoms with Gasteiger partial charge in [0.05, 0.1) is 25.5 Å². The standard InChI is InChI=1S/C10H14N2O3/c1-3-15-10(13)9-7-6-14-5-4-8(7)11-12(9)2/h3-6H2,1-2H3. The quantitative estimate of drug-likeness (QED) is 0.673. The summed E-state index contributed by atoms with van der Waals surface area (Å²) in [5.41, 5.74) is 2.35. The lowest BCUT2D eigenvalue weighted by atomic mass is 10.1. The third-order valence-electron chi connectivity index (χ3n) is 2.43. The molecule has 0 saturated carbocycles. The predicted molar refractivity (Wildman–Crippen MR) is 52.5 cm³/mol. The van der Waals surface area contributed by atoms with Gasteiger partial charge < -0.3 is 9.47 Å². The van der Waals surface area contributed by atoms with E-state index in [2.05, 4.69) is 5.10 Å². The number of aromatic nitrogens is 2. The van der Waals surface area contributed by atoms with Crippen molar-refractivity contribution in [3.8, 4) is 0 Å². The summed E-state index contributed by atoms with van der Waals surface area (Å²) in [6, 6.07) is 0. The number of hydrogen-bond donors (Lipinski definition) is 0. The predicted octanol–water partition coefficient (Wildman–Crippen LogP) is 0.669. The van der Waals surface area contributed by atoms with Crippen LogP contribution in [0.1, 0.15) is 28.7 Å². The molecule has 0 atom stereocenters. The normalized spacial score (nSPS) is 14.8. The molecular formula is C10H14N2O3. The van der Waals surface area contributed by atoms with E-state index in [-0.39, 0.29) is 5.97 Å². The van der Waals surface area contributed by atoms with Gasteiger partial charge >= 0.3 is 5.97 Å². The van der Waals surface area contributed by atoms with Crippen molar-refractivity contribution in [3.63, 3.8) is 0 Å². The van der Waals surface area contributed by atoms with Gasteiger partial charge in [-0.15, -0.1) is 0 Å².